The summed E-state index contributed by atoms with van der Waals surface area (Å²) in [5, 5.41) is 5.49. The maximum Gasteiger partial charge on any atom is 0.222 e. The quantitative estimate of drug-likeness (QED) is 0.626. The van der Waals surface area contributed by atoms with Gasteiger partial charge in [0, 0.05) is 37.5 Å². The van der Waals surface area contributed by atoms with Gasteiger partial charge in [0.1, 0.15) is 0 Å². The molecule has 0 N–H and O–H groups in total. The summed E-state index contributed by atoms with van der Waals surface area (Å²) in [6.45, 7) is 6.44. The van der Waals surface area contributed by atoms with Crippen LogP contribution in [0.1, 0.15) is 34.6 Å². The molecule has 142 valence electrons. The molecule has 0 aliphatic heterocycles. The highest BCUT2D eigenvalue weighted by Crippen LogP contribution is 2.23. The molecule has 5 nitrogen and oxygen atoms in total. The van der Waals surface area contributed by atoms with Crippen LogP contribution in [0.25, 0.3) is 5.65 Å². The summed E-state index contributed by atoms with van der Waals surface area (Å²) in [5.41, 5.74) is 5.77. The van der Waals surface area contributed by atoms with E-state index in [1.165, 1.54) is 0 Å². The van der Waals surface area contributed by atoms with Crippen LogP contribution in [0.3, 0.4) is 0 Å². The second kappa shape index (κ2) is 7.87. The molecule has 2 heterocycles. The van der Waals surface area contributed by atoms with Crippen molar-refractivity contribution in [1.82, 2.24) is 19.5 Å². The van der Waals surface area contributed by atoms with Gasteiger partial charge in [-0.1, -0.05) is 29.3 Å². The maximum atomic E-state index is 12.6. The third-order valence-corrected chi connectivity index (χ3v) is 5.44. The van der Waals surface area contributed by atoms with Gasteiger partial charge in [-0.2, -0.15) is 5.10 Å². The van der Waals surface area contributed by atoms with Crippen LogP contribution in [0.15, 0.2) is 24.3 Å². The minimum atomic E-state index is 0.0663. The Labute approximate surface area is 168 Å². The molecule has 27 heavy (non-hydrogen) atoms. The molecule has 7 heteroatoms. The number of benzene rings is 1. The lowest BCUT2D eigenvalue weighted by molar-refractivity contribution is -0.130. The van der Waals surface area contributed by atoms with Crippen LogP contribution in [0.5, 0.6) is 0 Å². The summed E-state index contributed by atoms with van der Waals surface area (Å²) >= 11 is 12.0. The van der Waals surface area contributed by atoms with E-state index in [2.05, 4.69) is 10.1 Å². The van der Waals surface area contributed by atoms with Crippen molar-refractivity contribution >= 4 is 34.8 Å². The van der Waals surface area contributed by atoms with Gasteiger partial charge in [-0.15, -0.1) is 0 Å². The maximum absolute atomic E-state index is 12.6. The minimum Gasteiger partial charge on any atom is -0.341 e. The van der Waals surface area contributed by atoms with Crippen LogP contribution in [0.4, 0.5) is 0 Å². The van der Waals surface area contributed by atoms with Gasteiger partial charge in [0.2, 0.25) is 5.91 Å². The van der Waals surface area contributed by atoms with Crippen molar-refractivity contribution in [1.29, 1.82) is 0 Å². The first-order valence-electron chi connectivity index (χ1n) is 8.76. The lowest BCUT2D eigenvalue weighted by Crippen LogP contribution is -2.26. The van der Waals surface area contributed by atoms with E-state index in [0.717, 1.165) is 33.9 Å². The van der Waals surface area contributed by atoms with Crippen molar-refractivity contribution in [2.75, 3.05) is 7.05 Å². The molecule has 0 saturated heterocycles. The van der Waals surface area contributed by atoms with E-state index < -0.39 is 0 Å². The number of aromatic nitrogens is 3. The molecule has 0 radical (unpaired) electrons. The molecule has 0 bridgehead atoms. The Balaban J connectivity index is 1.69. The van der Waals surface area contributed by atoms with Crippen molar-refractivity contribution in [2.24, 2.45) is 0 Å². The summed E-state index contributed by atoms with van der Waals surface area (Å²) in [4.78, 5) is 18.9. The summed E-state index contributed by atoms with van der Waals surface area (Å²) in [6, 6.07) is 7.38. The molecule has 0 atom stereocenters. The number of hydrogen-bond donors (Lipinski definition) is 0. The number of amides is 1. The normalized spacial score (nSPS) is 11.2. The average molecular weight is 405 g/mol. The van der Waals surface area contributed by atoms with Gasteiger partial charge in [0.15, 0.2) is 5.65 Å². The molecule has 0 unspecified atom stereocenters. The second-order valence-electron chi connectivity index (χ2n) is 6.82. The van der Waals surface area contributed by atoms with Gasteiger partial charge in [0.25, 0.3) is 0 Å². The number of aryl methyl sites for hydroxylation is 3. The Morgan fingerprint density at radius 3 is 2.59 bits per heavy atom. The van der Waals surface area contributed by atoms with Gasteiger partial charge in [-0.3, -0.25) is 4.79 Å². The fourth-order valence-corrected chi connectivity index (χ4v) is 3.55. The fourth-order valence-electron chi connectivity index (χ4n) is 3.23. The summed E-state index contributed by atoms with van der Waals surface area (Å²) in [7, 11) is 1.79. The molecule has 1 aromatic carbocycles. The van der Waals surface area contributed by atoms with Crippen molar-refractivity contribution in [3.63, 3.8) is 0 Å². The van der Waals surface area contributed by atoms with Crippen molar-refractivity contribution < 1.29 is 4.79 Å². The van der Waals surface area contributed by atoms with Crippen LogP contribution >= 0.6 is 23.2 Å². The molecule has 2 aromatic heterocycles. The van der Waals surface area contributed by atoms with E-state index in [9.17, 15) is 4.79 Å². The predicted molar refractivity (Wildman–Crippen MR) is 108 cm³/mol. The standard InChI is InChI=1S/C20H22Cl2N4O/c1-12-9-19-23-13(2)16(14(3)26(19)24-12)6-8-20(27)25(4)11-15-5-7-17(21)18(22)10-15/h5,7,9-10H,6,8,11H2,1-4H3. The molecular formula is C20H22Cl2N4O. The highest BCUT2D eigenvalue weighted by atomic mass is 35.5. The number of halogens is 2. The van der Waals surface area contributed by atoms with Crippen LogP contribution in [0.2, 0.25) is 10.0 Å². The smallest absolute Gasteiger partial charge is 0.222 e. The second-order valence-corrected chi connectivity index (χ2v) is 7.63. The van der Waals surface area contributed by atoms with E-state index in [4.69, 9.17) is 23.2 Å². The molecule has 3 rings (SSSR count). The Morgan fingerprint density at radius 1 is 1.15 bits per heavy atom. The molecule has 0 aliphatic carbocycles. The first-order chi connectivity index (χ1) is 12.8. The van der Waals surface area contributed by atoms with Crippen LogP contribution in [-0.2, 0) is 17.8 Å². The van der Waals surface area contributed by atoms with Crippen LogP contribution in [-0.4, -0.2) is 32.5 Å². The fraction of sp³-hybridized carbons (Fsp3) is 0.350. The molecule has 0 fully saturated rings. The molecule has 3 aromatic rings. The largest absolute Gasteiger partial charge is 0.341 e. The van der Waals surface area contributed by atoms with Gasteiger partial charge in [-0.25, -0.2) is 9.50 Å². The van der Waals surface area contributed by atoms with Gasteiger partial charge in [-0.05, 0) is 50.5 Å². The first-order valence-corrected chi connectivity index (χ1v) is 9.52. The number of nitrogens with zero attached hydrogens (tertiary/aromatic N) is 4. The number of fused-ring (bicyclic) bond motifs is 1. The minimum absolute atomic E-state index is 0.0663. The third kappa shape index (κ3) is 4.25. The molecule has 0 aliphatic rings. The zero-order valence-electron chi connectivity index (χ0n) is 15.9. The van der Waals surface area contributed by atoms with Gasteiger partial charge >= 0.3 is 0 Å². The highest BCUT2D eigenvalue weighted by Gasteiger charge is 2.15. The number of carbonyl (C=O) groups is 1. The zero-order chi connectivity index (χ0) is 19.7. The molecule has 1 amide bonds. The Morgan fingerprint density at radius 2 is 1.89 bits per heavy atom. The summed E-state index contributed by atoms with van der Waals surface area (Å²) < 4.78 is 1.85. The monoisotopic (exact) mass is 404 g/mol. The lowest BCUT2D eigenvalue weighted by Gasteiger charge is -2.18. The predicted octanol–water partition coefficient (Wildman–Crippen LogP) is 4.55. The van der Waals surface area contributed by atoms with E-state index in [1.807, 2.05) is 37.4 Å². The third-order valence-electron chi connectivity index (χ3n) is 4.70. The number of hydrogen-bond acceptors (Lipinski definition) is 3. The van der Waals surface area contributed by atoms with Crippen molar-refractivity contribution in [3.05, 3.63) is 62.5 Å². The molecule has 0 spiro atoms. The Kier molecular flexibility index (Phi) is 5.72. The highest BCUT2D eigenvalue weighted by molar-refractivity contribution is 6.42. The molecular weight excluding hydrogens is 383 g/mol. The lowest BCUT2D eigenvalue weighted by atomic mass is 10.1. The SMILES string of the molecule is Cc1cc2nc(C)c(CCC(=O)N(C)Cc3ccc(Cl)c(Cl)c3)c(C)n2n1. The van der Waals surface area contributed by atoms with Crippen molar-refractivity contribution in [3.8, 4) is 0 Å². The summed E-state index contributed by atoms with van der Waals surface area (Å²) in [5.74, 6) is 0.0663. The Bertz CT molecular complexity index is 1010. The average Bonchev–Trinajstić information content (AvgIpc) is 2.98. The van der Waals surface area contributed by atoms with Crippen LogP contribution in [0, 0.1) is 20.8 Å². The zero-order valence-corrected chi connectivity index (χ0v) is 17.4. The van der Waals surface area contributed by atoms with Gasteiger partial charge in [0.05, 0.1) is 15.7 Å². The van der Waals surface area contributed by atoms with Gasteiger partial charge < -0.3 is 4.90 Å². The summed E-state index contributed by atoms with van der Waals surface area (Å²) in [6.07, 6.45) is 1.04. The number of carbonyl (C=O) groups excluding carboxylic acids is 1. The van der Waals surface area contributed by atoms with E-state index in [0.29, 0.717) is 29.4 Å². The van der Waals surface area contributed by atoms with E-state index in [-0.39, 0.29) is 5.91 Å². The van der Waals surface area contributed by atoms with E-state index >= 15 is 0 Å². The number of rotatable bonds is 5. The molecule has 0 saturated carbocycles. The topological polar surface area (TPSA) is 50.5 Å². The van der Waals surface area contributed by atoms with Crippen molar-refractivity contribution in [2.45, 2.75) is 40.2 Å². The Hall–Kier alpha value is -2.11. The van der Waals surface area contributed by atoms with E-state index in [1.54, 1.807) is 24.1 Å². The van der Waals surface area contributed by atoms with Crippen LogP contribution < -0.4 is 0 Å². The first kappa shape index (κ1) is 19.6.